The van der Waals surface area contributed by atoms with E-state index in [1.54, 1.807) is 30.3 Å². The summed E-state index contributed by atoms with van der Waals surface area (Å²) in [6.45, 7) is 0. The van der Waals surface area contributed by atoms with Crippen LogP contribution in [0.4, 0.5) is 11.4 Å². The summed E-state index contributed by atoms with van der Waals surface area (Å²) in [7, 11) is 0. The number of halogens is 2. The normalized spacial score (nSPS) is 10.6. The van der Waals surface area contributed by atoms with E-state index in [9.17, 15) is 14.9 Å². The molecule has 2 aromatic rings. The molecule has 0 bridgehead atoms. The van der Waals surface area contributed by atoms with Crippen molar-refractivity contribution in [3.63, 3.8) is 0 Å². The highest BCUT2D eigenvalue weighted by atomic mass is 35.5. The average molecular weight is 337 g/mol. The zero-order chi connectivity index (χ0) is 16.1. The Balaban J connectivity index is 2.07. The quantitative estimate of drug-likeness (QED) is 0.505. The number of nitrogens with one attached hydrogen (secondary N) is 1. The summed E-state index contributed by atoms with van der Waals surface area (Å²) in [6, 6.07) is 11.0. The molecule has 2 rings (SSSR count). The molecular weight excluding hydrogens is 327 g/mol. The highest BCUT2D eigenvalue weighted by molar-refractivity contribution is 6.32. The van der Waals surface area contributed by atoms with E-state index in [1.165, 1.54) is 24.3 Å². The number of anilines is 1. The second-order valence-corrected chi connectivity index (χ2v) is 5.14. The molecule has 0 aliphatic rings. The minimum atomic E-state index is -0.610. The van der Waals surface area contributed by atoms with Crippen molar-refractivity contribution in [2.24, 2.45) is 0 Å². The van der Waals surface area contributed by atoms with Crippen LogP contribution in [-0.2, 0) is 4.79 Å². The fraction of sp³-hybridized carbons (Fsp3) is 0. The molecule has 1 amide bonds. The highest BCUT2D eigenvalue weighted by Gasteiger charge is 2.13. The van der Waals surface area contributed by atoms with Gasteiger partial charge in [-0.3, -0.25) is 14.9 Å². The first kappa shape index (κ1) is 16.0. The molecule has 2 aromatic carbocycles. The molecule has 0 aliphatic carbocycles. The van der Waals surface area contributed by atoms with Crippen molar-refractivity contribution < 1.29 is 9.72 Å². The van der Waals surface area contributed by atoms with Gasteiger partial charge in [-0.2, -0.15) is 0 Å². The van der Waals surface area contributed by atoms with E-state index in [0.29, 0.717) is 10.7 Å². The van der Waals surface area contributed by atoms with Gasteiger partial charge < -0.3 is 5.32 Å². The number of benzene rings is 2. The fourth-order valence-electron chi connectivity index (χ4n) is 1.66. The summed E-state index contributed by atoms with van der Waals surface area (Å²) < 4.78 is 0. The molecule has 5 nitrogen and oxygen atoms in total. The Morgan fingerprint density at radius 1 is 1.14 bits per heavy atom. The van der Waals surface area contributed by atoms with Crippen LogP contribution in [0.5, 0.6) is 0 Å². The molecule has 0 fully saturated rings. The van der Waals surface area contributed by atoms with Crippen molar-refractivity contribution in [2.75, 3.05) is 5.32 Å². The largest absolute Gasteiger partial charge is 0.322 e. The third kappa shape index (κ3) is 4.31. The molecular formula is C15H10Cl2N2O3. The lowest BCUT2D eigenvalue weighted by Gasteiger charge is -2.03. The van der Waals surface area contributed by atoms with E-state index in [1.807, 2.05) is 0 Å². The Kier molecular flexibility index (Phi) is 5.14. The first-order chi connectivity index (χ1) is 10.5. The van der Waals surface area contributed by atoms with Gasteiger partial charge in [0.05, 0.1) is 4.92 Å². The smallest absolute Gasteiger partial charge is 0.289 e. The van der Waals surface area contributed by atoms with Crippen molar-refractivity contribution in [3.05, 3.63) is 74.3 Å². The lowest BCUT2D eigenvalue weighted by Crippen LogP contribution is -2.08. The van der Waals surface area contributed by atoms with E-state index in [-0.39, 0.29) is 10.7 Å². The summed E-state index contributed by atoms with van der Waals surface area (Å²) >= 11 is 11.5. The average Bonchev–Trinajstić information content (AvgIpc) is 2.48. The predicted octanol–water partition coefficient (Wildman–Crippen LogP) is 4.55. The second-order valence-electron chi connectivity index (χ2n) is 4.30. The molecule has 0 radical (unpaired) electrons. The van der Waals surface area contributed by atoms with Crippen molar-refractivity contribution in [3.8, 4) is 0 Å². The predicted molar refractivity (Wildman–Crippen MR) is 87.2 cm³/mol. The van der Waals surface area contributed by atoms with Crippen LogP contribution < -0.4 is 5.32 Å². The van der Waals surface area contributed by atoms with Crippen molar-refractivity contribution in [1.29, 1.82) is 0 Å². The first-order valence-electron chi connectivity index (χ1n) is 6.14. The molecule has 0 saturated heterocycles. The van der Waals surface area contributed by atoms with E-state index < -0.39 is 10.8 Å². The SMILES string of the molecule is O=C(/C=C/c1ccc(Cl)cc1)Nc1ccc(Cl)c([N+](=O)[O-])c1. The van der Waals surface area contributed by atoms with Crippen LogP contribution in [0.3, 0.4) is 0 Å². The van der Waals surface area contributed by atoms with Gasteiger partial charge in [-0.25, -0.2) is 0 Å². The number of hydrogen-bond donors (Lipinski definition) is 1. The number of rotatable bonds is 4. The Morgan fingerprint density at radius 2 is 1.82 bits per heavy atom. The van der Waals surface area contributed by atoms with Gasteiger partial charge in [-0.1, -0.05) is 35.3 Å². The molecule has 0 atom stereocenters. The molecule has 0 spiro atoms. The zero-order valence-electron chi connectivity index (χ0n) is 11.1. The van der Waals surface area contributed by atoms with Crippen LogP contribution in [0, 0.1) is 10.1 Å². The van der Waals surface area contributed by atoms with Crippen LogP contribution >= 0.6 is 23.2 Å². The maximum Gasteiger partial charge on any atom is 0.289 e. The number of hydrogen-bond acceptors (Lipinski definition) is 3. The van der Waals surface area contributed by atoms with Gasteiger partial charge in [-0.15, -0.1) is 0 Å². The highest BCUT2D eigenvalue weighted by Crippen LogP contribution is 2.27. The number of amides is 1. The van der Waals surface area contributed by atoms with Gasteiger partial charge in [0.25, 0.3) is 5.69 Å². The minimum absolute atomic E-state index is 0.0136. The minimum Gasteiger partial charge on any atom is -0.322 e. The molecule has 0 aromatic heterocycles. The second kappa shape index (κ2) is 7.06. The molecule has 0 unspecified atom stereocenters. The third-order valence-electron chi connectivity index (χ3n) is 2.71. The van der Waals surface area contributed by atoms with Gasteiger partial charge in [0, 0.05) is 22.9 Å². The van der Waals surface area contributed by atoms with Gasteiger partial charge in [-0.05, 0) is 35.9 Å². The van der Waals surface area contributed by atoms with Crippen LogP contribution in [0.25, 0.3) is 6.08 Å². The Morgan fingerprint density at radius 3 is 2.45 bits per heavy atom. The van der Waals surface area contributed by atoms with E-state index in [0.717, 1.165) is 5.56 Å². The van der Waals surface area contributed by atoms with Crippen molar-refractivity contribution in [2.45, 2.75) is 0 Å². The fourth-order valence-corrected chi connectivity index (χ4v) is 1.97. The molecule has 0 aliphatic heterocycles. The summed E-state index contributed by atoms with van der Waals surface area (Å²) in [4.78, 5) is 22.0. The van der Waals surface area contributed by atoms with Gasteiger partial charge in [0.2, 0.25) is 5.91 Å². The number of nitro benzene ring substituents is 1. The lowest BCUT2D eigenvalue weighted by molar-refractivity contribution is -0.384. The summed E-state index contributed by atoms with van der Waals surface area (Å²) in [5.41, 5.74) is 0.838. The first-order valence-corrected chi connectivity index (χ1v) is 6.90. The third-order valence-corrected chi connectivity index (χ3v) is 3.28. The van der Waals surface area contributed by atoms with E-state index in [2.05, 4.69) is 5.32 Å². The van der Waals surface area contributed by atoms with Crippen LogP contribution in [0.15, 0.2) is 48.5 Å². The van der Waals surface area contributed by atoms with Crippen LogP contribution in [-0.4, -0.2) is 10.8 Å². The maximum absolute atomic E-state index is 11.8. The van der Waals surface area contributed by atoms with Crippen molar-refractivity contribution >= 4 is 46.6 Å². The topological polar surface area (TPSA) is 72.2 Å². The lowest BCUT2D eigenvalue weighted by atomic mass is 10.2. The van der Waals surface area contributed by atoms with Gasteiger partial charge in [0.15, 0.2) is 0 Å². The van der Waals surface area contributed by atoms with E-state index >= 15 is 0 Å². The Bertz CT molecular complexity index is 743. The summed E-state index contributed by atoms with van der Waals surface area (Å²) in [6.07, 6.45) is 2.93. The van der Waals surface area contributed by atoms with Gasteiger partial charge in [0.1, 0.15) is 5.02 Å². The molecule has 0 saturated carbocycles. The van der Waals surface area contributed by atoms with Crippen molar-refractivity contribution in [1.82, 2.24) is 0 Å². The maximum atomic E-state index is 11.8. The standard InChI is InChI=1S/C15H10Cl2N2O3/c16-11-4-1-10(2-5-11)3-8-15(20)18-12-6-7-13(17)14(9-12)19(21)22/h1-9H,(H,18,20)/b8-3+. The Labute approximate surface area is 136 Å². The Hall–Kier alpha value is -2.37. The molecule has 0 heterocycles. The van der Waals surface area contributed by atoms with Gasteiger partial charge >= 0.3 is 0 Å². The summed E-state index contributed by atoms with van der Waals surface area (Å²) in [5, 5.41) is 13.9. The molecule has 7 heteroatoms. The number of nitro groups is 1. The number of carbonyl (C=O) groups is 1. The van der Waals surface area contributed by atoms with E-state index in [4.69, 9.17) is 23.2 Å². The molecule has 112 valence electrons. The number of nitrogens with zero attached hydrogens (tertiary/aromatic N) is 1. The molecule has 22 heavy (non-hydrogen) atoms. The van der Waals surface area contributed by atoms with Crippen LogP contribution in [0.2, 0.25) is 10.0 Å². The molecule has 1 N–H and O–H groups in total. The van der Waals surface area contributed by atoms with Crippen LogP contribution in [0.1, 0.15) is 5.56 Å². The number of carbonyl (C=O) groups excluding carboxylic acids is 1. The summed E-state index contributed by atoms with van der Waals surface area (Å²) in [5.74, 6) is -0.411. The zero-order valence-corrected chi connectivity index (χ0v) is 12.6. The monoisotopic (exact) mass is 336 g/mol.